The number of fused-ring (bicyclic) bond motifs is 1. The van der Waals surface area contributed by atoms with Crippen LogP contribution in [0.4, 0.5) is 0 Å². The average molecular weight is 293 g/mol. The Labute approximate surface area is 127 Å². The van der Waals surface area contributed by atoms with Crippen molar-refractivity contribution in [3.05, 3.63) is 65.4 Å². The quantitative estimate of drug-likeness (QED) is 0.695. The van der Waals surface area contributed by atoms with Gasteiger partial charge in [0.05, 0.1) is 12.6 Å². The molecule has 1 aromatic heterocycles. The Kier molecular flexibility index (Phi) is 3.51. The standard InChI is InChI=1S/C18H15NO3/c1-12-16(11-20)15-8-3-4-9-17(15)19(12)18(21)13-6-5-7-14(10-13)22-2/h3-11H,1-2H3. The SMILES string of the molecule is COc1cccc(C(=O)n2c(C)c(C=O)c3ccccc32)c1. The van der Waals surface area contributed by atoms with Gasteiger partial charge in [-0.2, -0.15) is 0 Å². The summed E-state index contributed by atoms with van der Waals surface area (Å²) in [5, 5.41) is 0.784. The van der Waals surface area contributed by atoms with Gasteiger partial charge in [-0.1, -0.05) is 24.3 Å². The molecule has 3 aromatic rings. The predicted molar refractivity (Wildman–Crippen MR) is 84.8 cm³/mol. The number of hydrogen-bond acceptors (Lipinski definition) is 3. The summed E-state index contributed by atoms with van der Waals surface area (Å²) in [6, 6.07) is 14.4. The van der Waals surface area contributed by atoms with E-state index < -0.39 is 0 Å². The number of carbonyl (C=O) groups is 2. The molecule has 22 heavy (non-hydrogen) atoms. The molecule has 0 N–H and O–H groups in total. The fraction of sp³-hybridized carbons (Fsp3) is 0.111. The molecule has 4 nitrogen and oxygen atoms in total. The largest absolute Gasteiger partial charge is 0.497 e. The van der Waals surface area contributed by atoms with Crippen LogP contribution >= 0.6 is 0 Å². The van der Waals surface area contributed by atoms with Gasteiger partial charge in [-0.3, -0.25) is 14.2 Å². The number of carbonyl (C=O) groups excluding carboxylic acids is 2. The molecule has 0 aliphatic rings. The maximum Gasteiger partial charge on any atom is 0.262 e. The van der Waals surface area contributed by atoms with Gasteiger partial charge in [-0.25, -0.2) is 0 Å². The molecule has 0 saturated heterocycles. The van der Waals surface area contributed by atoms with Crippen molar-refractivity contribution < 1.29 is 14.3 Å². The van der Waals surface area contributed by atoms with Crippen LogP contribution in [0, 0.1) is 6.92 Å². The van der Waals surface area contributed by atoms with E-state index in [1.54, 1.807) is 42.9 Å². The molecule has 0 amide bonds. The smallest absolute Gasteiger partial charge is 0.262 e. The highest BCUT2D eigenvalue weighted by Gasteiger charge is 2.19. The second kappa shape index (κ2) is 5.48. The van der Waals surface area contributed by atoms with Crippen molar-refractivity contribution in [1.29, 1.82) is 0 Å². The Balaban J connectivity index is 2.23. The molecule has 0 radical (unpaired) electrons. The van der Waals surface area contributed by atoms with Gasteiger partial charge in [0.1, 0.15) is 5.75 Å². The van der Waals surface area contributed by atoms with Crippen molar-refractivity contribution in [2.75, 3.05) is 7.11 Å². The summed E-state index contributed by atoms with van der Waals surface area (Å²) < 4.78 is 6.74. The minimum absolute atomic E-state index is 0.180. The average Bonchev–Trinajstić information content (AvgIpc) is 2.85. The Morgan fingerprint density at radius 2 is 1.91 bits per heavy atom. The molecule has 0 aliphatic heterocycles. The van der Waals surface area contributed by atoms with Crippen LogP contribution in [-0.4, -0.2) is 23.9 Å². The Hall–Kier alpha value is -2.88. The highest BCUT2D eigenvalue weighted by molar-refractivity contribution is 6.08. The number of hydrogen-bond donors (Lipinski definition) is 0. The molecular formula is C18H15NO3. The summed E-state index contributed by atoms with van der Waals surface area (Å²) in [6.07, 6.45) is 0.799. The molecule has 0 unspecified atom stereocenters. The van der Waals surface area contributed by atoms with Gasteiger partial charge in [0.2, 0.25) is 0 Å². The molecule has 0 bridgehead atoms. The molecule has 110 valence electrons. The summed E-state index contributed by atoms with van der Waals surface area (Å²) in [4.78, 5) is 24.2. The van der Waals surface area contributed by atoms with Crippen molar-refractivity contribution in [3.8, 4) is 5.75 Å². The molecular weight excluding hydrogens is 278 g/mol. The number of para-hydroxylation sites is 1. The fourth-order valence-electron chi connectivity index (χ4n) is 2.69. The van der Waals surface area contributed by atoms with Crippen molar-refractivity contribution in [2.45, 2.75) is 6.92 Å². The van der Waals surface area contributed by atoms with E-state index in [0.29, 0.717) is 22.6 Å². The Morgan fingerprint density at radius 1 is 1.14 bits per heavy atom. The van der Waals surface area contributed by atoms with Crippen LogP contribution in [0.5, 0.6) is 5.75 Å². The van der Waals surface area contributed by atoms with E-state index in [2.05, 4.69) is 0 Å². The molecule has 0 atom stereocenters. The lowest BCUT2D eigenvalue weighted by molar-refractivity contribution is 0.0962. The van der Waals surface area contributed by atoms with Crippen LogP contribution in [0.1, 0.15) is 26.4 Å². The lowest BCUT2D eigenvalue weighted by atomic mass is 10.1. The molecule has 2 aromatic carbocycles. The van der Waals surface area contributed by atoms with Crippen molar-refractivity contribution in [1.82, 2.24) is 4.57 Å². The van der Waals surface area contributed by atoms with Crippen LogP contribution in [0.3, 0.4) is 0 Å². The third-order valence-electron chi connectivity index (χ3n) is 3.80. The van der Waals surface area contributed by atoms with Crippen LogP contribution in [0.2, 0.25) is 0 Å². The van der Waals surface area contributed by atoms with Gasteiger partial charge in [0.25, 0.3) is 5.91 Å². The molecule has 0 spiro atoms. The summed E-state index contributed by atoms with van der Waals surface area (Å²) >= 11 is 0. The van der Waals surface area contributed by atoms with E-state index in [-0.39, 0.29) is 5.91 Å². The molecule has 0 aliphatic carbocycles. The van der Waals surface area contributed by atoms with Crippen LogP contribution < -0.4 is 4.74 Å². The van der Waals surface area contributed by atoms with Crippen LogP contribution in [0.15, 0.2) is 48.5 Å². The molecule has 4 heteroatoms. The zero-order valence-electron chi connectivity index (χ0n) is 12.4. The molecule has 0 fully saturated rings. The van der Waals surface area contributed by atoms with E-state index in [1.807, 2.05) is 24.3 Å². The number of rotatable bonds is 3. The van der Waals surface area contributed by atoms with E-state index in [0.717, 1.165) is 17.2 Å². The molecule has 0 saturated carbocycles. The highest BCUT2D eigenvalue weighted by atomic mass is 16.5. The van der Waals surface area contributed by atoms with Crippen molar-refractivity contribution in [2.24, 2.45) is 0 Å². The lowest BCUT2D eigenvalue weighted by Crippen LogP contribution is -2.13. The first kappa shape index (κ1) is 14.1. The van der Waals surface area contributed by atoms with Crippen molar-refractivity contribution >= 4 is 23.1 Å². The van der Waals surface area contributed by atoms with Gasteiger partial charge in [-0.15, -0.1) is 0 Å². The summed E-state index contributed by atoms with van der Waals surface area (Å²) in [7, 11) is 1.56. The molecule has 1 heterocycles. The number of benzene rings is 2. The minimum atomic E-state index is -0.180. The summed E-state index contributed by atoms with van der Waals surface area (Å²) in [5.74, 6) is 0.441. The first-order valence-corrected chi connectivity index (χ1v) is 6.91. The maximum absolute atomic E-state index is 12.9. The maximum atomic E-state index is 12.9. The number of ether oxygens (including phenoxy) is 1. The third-order valence-corrected chi connectivity index (χ3v) is 3.80. The van der Waals surface area contributed by atoms with E-state index in [4.69, 9.17) is 4.74 Å². The second-order valence-electron chi connectivity index (χ2n) is 5.01. The summed E-state index contributed by atoms with van der Waals surface area (Å²) in [5.41, 5.74) is 2.44. The normalized spacial score (nSPS) is 10.6. The number of aldehydes is 1. The van der Waals surface area contributed by atoms with E-state index in [1.165, 1.54) is 0 Å². The Bertz CT molecular complexity index is 877. The van der Waals surface area contributed by atoms with Crippen molar-refractivity contribution in [3.63, 3.8) is 0 Å². The lowest BCUT2D eigenvalue weighted by Gasteiger charge is -2.08. The minimum Gasteiger partial charge on any atom is -0.497 e. The number of methoxy groups -OCH3 is 1. The van der Waals surface area contributed by atoms with Crippen LogP contribution in [-0.2, 0) is 0 Å². The predicted octanol–water partition coefficient (Wildman–Crippen LogP) is 3.46. The van der Waals surface area contributed by atoms with Gasteiger partial charge < -0.3 is 4.74 Å². The Morgan fingerprint density at radius 3 is 2.64 bits per heavy atom. The summed E-state index contributed by atoms with van der Waals surface area (Å²) in [6.45, 7) is 1.78. The van der Waals surface area contributed by atoms with E-state index >= 15 is 0 Å². The number of nitrogens with zero attached hydrogens (tertiary/aromatic N) is 1. The van der Waals surface area contributed by atoms with Gasteiger partial charge in [0.15, 0.2) is 6.29 Å². The molecule has 3 rings (SSSR count). The van der Waals surface area contributed by atoms with Crippen LogP contribution in [0.25, 0.3) is 10.9 Å². The highest BCUT2D eigenvalue weighted by Crippen LogP contribution is 2.26. The fourth-order valence-corrected chi connectivity index (χ4v) is 2.69. The van der Waals surface area contributed by atoms with Gasteiger partial charge in [-0.05, 0) is 31.2 Å². The first-order valence-electron chi connectivity index (χ1n) is 6.91. The zero-order valence-corrected chi connectivity index (χ0v) is 12.4. The first-order chi connectivity index (χ1) is 10.7. The topological polar surface area (TPSA) is 48.3 Å². The monoisotopic (exact) mass is 293 g/mol. The third kappa shape index (κ3) is 2.09. The van der Waals surface area contributed by atoms with Gasteiger partial charge in [0, 0.05) is 22.2 Å². The zero-order chi connectivity index (χ0) is 15.7. The van der Waals surface area contributed by atoms with Gasteiger partial charge >= 0.3 is 0 Å². The van der Waals surface area contributed by atoms with E-state index in [9.17, 15) is 9.59 Å². The second-order valence-corrected chi connectivity index (χ2v) is 5.01. The number of aromatic nitrogens is 1.